The first-order valence-electron chi connectivity index (χ1n) is 2.04. The monoisotopic (exact) mass is 174 g/mol. The standard InChI is InChI=1S/C4H3BrN2O/c1-2-3(5)4(8)7-6-2/h1H3. The lowest BCUT2D eigenvalue weighted by atomic mass is 10.5. The molecule has 0 bridgehead atoms. The minimum Gasteiger partial charge on any atom is -0.264 e. The lowest BCUT2D eigenvalue weighted by Gasteiger charge is -1.79. The fraction of sp³-hybridized carbons (Fsp3) is 0.250. The Labute approximate surface area is 54.6 Å². The summed E-state index contributed by atoms with van der Waals surface area (Å²) >= 11 is 3.01. The summed E-state index contributed by atoms with van der Waals surface area (Å²) in [4.78, 5) is 10.4. The largest absolute Gasteiger partial charge is 0.304 e. The van der Waals surface area contributed by atoms with Crippen molar-refractivity contribution in [1.82, 2.24) is 0 Å². The fourth-order valence-electron chi connectivity index (χ4n) is 0.363. The third-order valence-corrected chi connectivity index (χ3v) is 1.71. The van der Waals surface area contributed by atoms with E-state index >= 15 is 0 Å². The lowest BCUT2D eigenvalue weighted by molar-refractivity contribution is -0.113. The van der Waals surface area contributed by atoms with Gasteiger partial charge in [-0.3, -0.25) is 4.79 Å². The number of amides is 1. The van der Waals surface area contributed by atoms with Crippen molar-refractivity contribution in [2.75, 3.05) is 0 Å². The Morgan fingerprint density at radius 1 is 1.50 bits per heavy atom. The van der Waals surface area contributed by atoms with Crippen LogP contribution in [0.1, 0.15) is 6.92 Å². The maximum absolute atomic E-state index is 10.4. The van der Waals surface area contributed by atoms with E-state index in [2.05, 4.69) is 26.2 Å². The van der Waals surface area contributed by atoms with Crippen molar-refractivity contribution in [2.45, 2.75) is 6.92 Å². The molecule has 0 aromatic rings. The minimum atomic E-state index is -0.289. The van der Waals surface area contributed by atoms with Crippen molar-refractivity contribution in [2.24, 2.45) is 10.2 Å². The second kappa shape index (κ2) is 1.78. The molecule has 0 saturated heterocycles. The highest BCUT2D eigenvalue weighted by Gasteiger charge is 2.13. The van der Waals surface area contributed by atoms with Gasteiger partial charge in [-0.15, -0.1) is 5.11 Å². The Kier molecular flexibility index (Phi) is 1.25. The van der Waals surface area contributed by atoms with Crippen LogP contribution in [0.3, 0.4) is 0 Å². The first-order valence-corrected chi connectivity index (χ1v) is 2.83. The molecule has 0 spiro atoms. The summed E-state index contributed by atoms with van der Waals surface area (Å²) in [6, 6.07) is 0. The predicted molar refractivity (Wildman–Crippen MR) is 31.5 cm³/mol. The van der Waals surface area contributed by atoms with Gasteiger partial charge in [0.1, 0.15) is 4.48 Å². The summed E-state index contributed by atoms with van der Waals surface area (Å²) in [5.41, 5.74) is 0.648. The molecule has 0 atom stereocenters. The van der Waals surface area contributed by atoms with Crippen molar-refractivity contribution >= 4 is 21.8 Å². The number of hydrogen-bond acceptors (Lipinski definition) is 2. The summed E-state index contributed by atoms with van der Waals surface area (Å²) in [6.07, 6.45) is 0. The van der Waals surface area contributed by atoms with Crippen molar-refractivity contribution < 1.29 is 4.79 Å². The number of hydrogen-bond donors (Lipinski definition) is 0. The van der Waals surface area contributed by atoms with Crippen LogP contribution in [0.4, 0.5) is 0 Å². The molecule has 0 aliphatic carbocycles. The van der Waals surface area contributed by atoms with E-state index in [1.54, 1.807) is 6.92 Å². The number of carbonyl (C=O) groups is 1. The van der Waals surface area contributed by atoms with E-state index in [1.165, 1.54) is 0 Å². The van der Waals surface area contributed by atoms with Crippen molar-refractivity contribution in [3.8, 4) is 0 Å². The molecule has 8 heavy (non-hydrogen) atoms. The average Bonchev–Trinajstić information content (AvgIpc) is 1.98. The highest BCUT2D eigenvalue weighted by molar-refractivity contribution is 9.12. The van der Waals surface area contributed by atoms with E-state index in [4.69, 9.17) is 0 Å². The molecule has 0 radical (unpaired) electrons. The van der Waals surface area contributed by atoms with Crippen molar-refractivity contribution in [3.05, 3.63) is 10.2 Å². The van der Waals surface area contributed by atoms with Crippen molar-refractivity contribution in [3.63, 3.8) is 0 Å². The number of allylic oxidation sites excluding steroid dienone is 1. The molecule has 3 nitrogen and oxygen atoms in total. The summed E-state index contributed by atoms with van der Waals surface area (Å²) in [5.74, 6) is -0.289. The molecule has 1 aliphatic rings. The molecular weight excluding hydrogens is 172 g/mol. The third-order valence-electron chi connectivity index (χ3n) is 0.796. The Balaban J connectivity index is 3.02. The Hall–Kier alpha value is -0.510. The number of rotatable bonds is 0. The summed E-state index contributed by atoms with van der Waals surface area (Å²) in [7, 11) is 0. The molecule has 0 N–H and O–H groups in total. The third kappa shape index (κ3) is 0.709. The van der Waals surface area contributed by atoms with Gasteiger partial charge in [0, 0.05) is 0 Å². The van der Waals surface area contributed by atoms with Crippen LogP contribution in [0.2, 0.25) is 0 Å². The Morgan fingerprint density at radius 3 is 2.25 bits per heavy atom. The van der Waals surface area contributed by atoms with Crippen LogP contribution in [-0.2, 0) is 4.79 Å². The summed E-state index contributed by atoms with van der Waals surface area (Å²) in [6.45, 7) is 1.72. The maximum Gasteiger partial charge on any atom is 0.304 e. The molecule has 0 unspecified atom stereocenters. The Bertz CT molecular complexity index is 190. The number of halogens is 1. The predicted octanol–water partition coefficient (Wildman–Crippen LogP) is 1.61. The first kappa shape index (κ1) is 5.62. The van der Waals surface area contributed by atoms with E-state index in [-0.39, 0.29) is 5.91 Å². The molecular formula is C4H3BrN2O. The topological polar surface area (TPSA) is 41.8 Å². The first-order chi connectivity index (χ1) is 3.72. The van der Waals surface area contributed by atoms with E-state index < -0.39 is 0 Å². The average molecular weight is 175 g/mol. The quantitative estimate of drug-likeness (QED) is 0.551. The van der Waals surface area contributed by atoms with Crippen LogP contribution < -0.4 is 0 Å². The van der Waals surface area contributed by atoms with Crippen LogP contribution in [0.5, 0.6) is 0 Å². The van der Waals surface area contributed by atoms with E-state index in [0.29, 0.717) is 10.2 Å². The zero-order chi connectivity index (χ0) is 6.15. The van der Waals surface area contributed by atoms with Crippen LogP contribution in [0.15, 0.2) is 20.4 Å². The summed E-state index contributed by atoms with van der Waals surface area (Å²) in [5, 5.41) is 6.77. The Morgan fingerprint density at radius 2 is 2.12 bits per heavy atom. The van der Waals surface area contributed by atoms with Gasteiger partial charge in [0.05, 0.1) is 5.70 Å². The highest BCUT2D eigenvalue weighted by atomic mass is 79.9. The summed E-state index contributed by atoms with van der Waals surface area (Å²) < 4.78 is 0.470. The van der Waals surface area contributed by atoms with Crippen LogP contribution in [-0.4, -0.2) is 5.91 Å². The normalized spacial score (nSPS) is 18.5. The minimum absolute atomic E-state index is 0.289. The van der Waals surface area contributed by atoms with Crippen LogP contribution in [0, 0.1) is 0 Å². The van der Waals surface area contributed by atoms with Gasteiger partial charge in [-0.25, -0.2) is 0 Å². The second-order valence-corrected chi connectivity index (χ2v) is 2.20. The fourth-order valence-corrected chi connectivity index (χ4v) is 0.522. The van der Waals surface area contributed by atoms with Gasteiger partial charge < -0.3 is 0 Å². The van der Waals surface area contributed by atoms with Gasteiger partial charge in [0.2, 0.25) is 0 Å². The van der Waals surface area contributed by atoms with Gasteiger partial charge in [-0.1, -0.05) is 0 Å². The lowest BCUT2D eigenvalue weighted by Crippen LogP contribution is -1.84. The highest BCUT2D eigenvalue weighted by Crippen LogP contribution is 2.20. The molecule has 1 amide bonds. The smallest absolute Gasteiger partial charge is 0.264 e. The molecule has 0 saturated carbocycles. The molecule has 0 aromatic heterocycles. The van der Waals surface area contributed by atoms with Gasteiger partial charge in [-0.05, 0) is 22.9 Å². The number of azo groups is 1. The molecule has 4 heteroatoms. The molecule has 0 aromatic carbocycles. The molecule has 42 valence electrons. The van der Waals surface area contributed by atoms with E-state index in [1.807, 2.05) is 0 Å². The van der Waals surface area contributed by atoms with Crippen LogP contribution >= 0.6 is 15.9 Å². The van der Waals surface area contributed by atoms with Gasteiger partial charge in [-0.2, -0.15) is 5.11 Å². The SMILES string of the molecule is CC1=C(Br)C(=O)N=N1. The van der Waals surface area contributed by atoms with Crippen molar-refractivity contribution in [1.29, 1.82) is 0 Å². The van der Waals surface area contributed by atoms with Gasteiger partial charge >= 0.3 is 5.91 Å². The van der Waals surface area contributed by atoms with Gasteiger partial charge in [0.15, 0.2) is 0 Å². The second-order valence-electron chi connectivity index (χ2n) is 1.40. The van der Waals surface area contributed by atoms with Gasteiger partial charge in [0.25, 0.3) is 0 Å². The molecule has 1 aliphatic heterocycles. The number of carbonyl (C=O) groups excluding carboxylic acids is 1. The van der Waals surface area contributed by atoms with E-state index in [9.17, 15) is 4.79 Å². The maximum atomic E-state index is 10.4. The van der Waals surface area contributed by atoms with Crippen LogP contribution in [0.25, 0.3) is 0 Å². The molecule has 1 rings (SSSR count). The molecule has 0 fully saturated rings. The zero-order valence-electron chi connectivity index (χ0n) is 4.18. The number of nitrogens with zero attached hydrogens (tertiary/aromatic N) is 2. The van der Waals surface area contributed by atoms with E-state index in [0.717, 1.165) is 0 Å². The zero-order valence-corrected chi connectivity index (χ0v) is 5.77. The molecule has 1 heterocycles.